The topological polar surface area (TPSA) is 71.5 Å². The molecule has 0 bridgehead atoms. The number of aliphatic hydroxyl groups excluding tert-OH is 2. The van der Waals surface area contributed by atoms with Gasteiger partial charge in [-0.25, -0.2) is 0 Å². The number of H-pyrrole nitrogens is 1. The summed E-state index contributed by atoms with van der Waals surface area (Å²) in [6.07, 6.45) is 4.44. The Hall–Kier alpha value is -1.40. The number of β-amino-alcohol motifs (C(OH)–C–C–N with tert-alkyl or cyclic N) is 2. The molecule has 4 rings (SSSR count). The van der Waals surface area contributed by atoms with Crippen molar-refractivity contribution in [3.63, 3.8) is 0 Å². The van der Waals surface area contributed by atoms with Crippen LogP contribution in [0, 0.1) is 12.8 Å². The molecule has 5 heteroatoms. The minimum Gasteiger partial charge on any atom is -0.392 e. The number of rotatable bonds is 4. The molecule has 1 aromatic heterocycles. The Balaban J connectivity index is 1.41. The summed E-state index contributed by atoms with van der Waals surface area (Å²) in [5, 5.41) is 26.0. The molecular formula is C21H31N3O2. The number of benzene rings is 1. The van der Waals surface area contributed by atoms with Crippen LogP contribution in [0.5, 0.6) is 0 Å². The number of piperidine rings is 2. The first-order valence-corrected chi connectivity index (χ1v) is 9.99. The van der Waals surface area contributed by atoms with E-state index in [0.29, 0.717) is 19.0 Å². The van der Waals surface area contributed by atoms with Crippen LogP contribution in [0.15, 0.2) is 24.4 Å². The molecule has 2 aliphatic rings. The van der Waals surface area contributed by atoms with Crippen molar-refractivity contribution in [2.24, 2.45) is 5.92 Å². The molecule has 1 aromatic carbocycles. The average Bonchev–Trinajstić information content (AvgIpc) is 3.08. The fourth-order valence-corrected chi connectivity index (χ4v) is 4.80. The van der Waals surface area contributed by atoms with Gasteiger partial charge in [-0.15, -0.1) is 0 Å². The first kappa shape index (κ1) is 18.0. The molecule has 5 nitrogen and oxygen atoms in total. The van der Waals surface area contributed by atoms with E-state index in [4.69, 9.17) is 0 Å². The number of aryl methyl sites for hydroxylation is 1. The molecule has 142 valence electrons. The second-order valence-corrected chi connectivity index (χ2v) is 8.12. The fraction of sp³-hybridized carbons (Fsp3) is 0.619. The van der Waals surface area contributed by atoms with Crippen LogP contribution >= 0.6 is 0 Å². The van der Waals surface area contributed by atoms with E-state index in [1.165, 1.54) is 22.0 Å². The number of hydrogen-bond acceptors (Lipinski definition) is 4. The number of para-hydroxylation sites is 1. The Bertz CT molecular complexity index is 738. The minimum absolute atomic E-state index is 0.165. The van der Waals surface area contributed by atoms with Gasteiger partial charge in [0.05, 0.1) is 12.2 Å². The van der Waals surface area contributed by atoms with Gasteiger partial charge in [0.25, 0.3) is 0 Å². The van der Waals surface area contributed by atoms with E-state index in [1.807, 2.05) is 0 Å². The van der Waals surface area contributed by atoms with Crippen LogP contribution in [0.4, 0.5) is 0 Å². The van der Waals surface area contributed by atoms with Gasteiger partial charge in [-0.2, -0.15) is 0 Å². The number of likely N-dealkylation sites (tertiary alicyclic amines) is 1. The van der Waals surface area contributed by atoms with Crippen LogP contribution in [0.1, 0.15) is 36.3 Å². The minimum atomic E-state index is -0.386. The summed E-state index contributed by atoms with van der Waals surface area (Å²) in [5.74, 6) is 0.556. The third-order valence-electron chi connectivity index (χ3n) is 6.39. The summed E-state index contributed by atoms with van der Waals surface area (Å²) in [4.78, 5) is 5.63. The van der Waals surface area contributed by atoms with Gasteiger partial charge in [-0.05, 0) is 62.9 Å². The molecule has 0 aliphatic carbocycles. The summed E-state index contributed by atoms with van der Waals surface area (Å²) < 4.78 is 0. The highest BCUT2D eigenvalue weighted by atomic mass is 16.3. The molecular weight excluding hydrogens is 326 g/mol. The van der Waals surface area contributed by atoms with Crippen LogP contribution in [0.25, 0.3) is 10.9 Å². The third-order valence-corrected chi connectivity index (χ3v) is 6.39. The van der Waals surface area contributed by atoms with E-state index >= 15 is 0 Å². The van der Waals surface area contributed by atoms with Crippen molar-refractivity contribution >= 4 is 10.9 Å². The zero-order valence-corrected chi connectivity index (χ0v) is 15.6. The van der Waals surface area contributed by atoms with Gasteiger partial charge in [0.15, 0.2) is 0 Å². The maximum Gasteiger partial charge on any atom is 0.0736 e. The van der Waals surface area contributed by atoms with Crippen molar-refractivity contribution in [3.8, 4) is 0 Å². The average molecular weight is 357 g/mol. The van der Waals surface area contributed by atoms with Crippen molar-refractivity contribution in [1.29, 1.82) is 0 Å². The van der Waals surface area contributed by atoms with Crippen molar-refractivity contribution in [2.45, 2.75) is 44.3 Å². The van der Waals surface area contributed by atoms with Crippen LogP contribution < -0.4 is 5.32 Å². The van der Waals surface area contributed by atoms with Crippen molar-refractivity contribution in [1.82, 2.24) is 15.2 Å². The Labute approximate surface area is 155 Å². The van der Waals surface area contributed by atoms with Gasteiger partial charge < -0.3 is 20.5 Å². The van der Waals surface area contributed by atoms with Crippen LogP contribution in [0.3, 0.4) is 0 Å². The molecule has 0 saturated carbocycles. The largest absolute Gasteiger partial charge is 0.392 e. The highest BCUT2D eigenvalue weighted by molar-refractivity contribution is 5.86. The van der Waals surface area contributed by atoms with Gasteiger partial charge in [-0.3, -0.25) is 4.90 Å². The van der Waals surface area contributed by atoms with E-state index in [-0.39, 0.29) is 18.1 Å². The zero-order valence-electron chi connectivity index (χ0n) is 15.6. The second kappa shape index (κ2) is 7.69. The monoisotopic (exact) mass is 357 g/mol. The standard InChI is InChI=1S/C21H31N3O2/c1-14-3-2-4-17-18(11-23-21(14)17)16-7-10-24(13-20(16)26)12-19(25)15-5-8-22-9-6-15/h2-4,11,15-16,19-20,22-23,25-26H,5-10,12-13H2,1H3/t16-,19+,20+/m0/s1. The van der Waals surface area contributed by atoms with Gasteiger partial charge >= 0.3 is 0 Å². The molecule has 2 aliphatic heterocycles. The van der Waals surface area contributed by atoms with Crippen molar-refractivity contribution < 1.29 is 10.2 Å². The predicted molar refractivity (Wildman–Crippen MR) is 104 cm³/mol. The molecule has 3 heterocycles. The maximum absolute atomic E-state index is 10.8. The van der Waals surface area contributed by atoms with E-state index in [1.54, 1.807) is 0 Å². The molecule has 26 heavy (non-hydrogen) atoms. The molecule has 0 radical (unpaired) electrons. The van der Waals surface area contributed by atoms with E-state index in [2.05, 4.69) is 46.5 Å². The summed E-state index contributed by atoms with van der Waals surface area (Å²) in [7, 11) is 0. The van der Waals surface area contributed by atoms with Crippen LogP contribution in [-0.2, 0) is 0 Å². The lowest BCUT2D eigenvalue weighted by atomic mass is 9.86. The number of nitrogens with zero attached hydrogens (tertiary/aromatic N) is 1. The molecule has 3 atom stereocenters. The number of aromatic nitrogens is 1. The number of hydrogen-bond donors (Lipinski definition) is 4. The van der Waals surface area contributed by atoms with Crippen molar-refractivity contribution in [2.75, 3.05) is 32.7 Å². The Morgan fingerprint density at radius 1 is 1.23 bits per heavy atom. The summed E-state index contributed by atoms with van der Waals surface area (Å²) in [5.41, 5.74) is 3.65. The maximum atomic E-state index is 10.8. The van der Waals surface area contributed by atoms with Crippen LogP contribution in [-0.4, -0.2) is 65.0 Å². The lowest BCUT2D eigenvalue weighted by Gasteiger charge is -2.38. The van der Waals surface area contributed by atoms with E-state index < -0.39 is 0 Å². The highest BCUT2D eigenvalue weighted by Gasteiger charge is 2.32. The van der Waals surface area contributed by atoms with E-state index in [9.17, 15) is 10.2 Å². The predicted octanol–water partition coefficient (Wildman–Crippen LogP) is 1.99. The molecule has 0 unspecified atom stereocenters. The first-order valence-electron chi connectivity index (χ1n) is 9.99. The SMILES string of the molecule is Cc1cccc2c([C@@H]3CCN(C[C@@H](O)C4CCNCC4)C[C@H]3O)c[nH]c12. The van der Waals surface area contributed by atoms with Gasteiger partial charge in [0.1, 0.15) is 0 Å². The lowest BCUT2D eigenvalue weighted by molar-refractivity contribution is 0.00501. The number of nitrogens with one attached hydrogen (secondary N) is 2. The Kier molecular flexibility index (Phi) is 5.32. The molecule has 2 saturated heterocycles. The summed E-state index contributed by atoms with van der Waals surface area (Å²) in [6, 6.07) is 6.35. The quantitative estimate of drug-likeness (QED) is 0.675. The third kappa shape index (κ3) is 3.54. The number of aliphatic hydroxyl groups is 2. The van der Waals surface area contributed by atoms with Crippen molar-refractivity contribution in [3.05, 3.63) is 35.5 Å². The summed E-state index contributed by atoms with van der Waals surface area (Å²) in [6.45, 7) is 6.39. The molecule has 0 spiro atoms. The smallest absolute Gasteiger partial charge is 0.0736 e. The fourth-order valence-electron chi connectivity index (χ4n) is 4.80. The van der Waals surface area contributed by atoms with Crippen LogP contribution in [0.2, 0.25) is 0 Å². The molecule has 2 fully saturated rings. The van der Waals surface area contributed by atoms with Gasteiger partial charge in [-0.1, -0.05) is 18.2 Å². The van der Waals surface area contributed by atoms with Gasteiger partial charge in [0.2, 0.25) is 0 Å². The second-order valence-electron chi connectivity index (χ2n) is 8.12. The summed E-state index contributed by atoms with van der Waals surface area (Å²) >= 11 is 0. The first-order chi connectivity index (χ1) is 12.6. The highest BCUT2D eigenvalue weighted by Crippen LogP contribution is 2.34. The molecule has 4 N–H and O–H groups in total. The van der Waals surface area contributed by atoms with Gasteiger partial charge in [0, 0.05) is 36.1 Å². The normalized spacial score (nSPS) is 27.0. The van der Waals surface area contributed by atoms with E-state index in [0.717, 1.165) is 38.9 Å². The number of aromatic amines is 1. The number of fused-ring (bicyclic) bond motifs is 1. The Morgan fingerprint density at radius 3 is 2.81 bits per heavy atom. The lowest BCUT2D eigenvalue weighted by Crippen LogP contribution is -2.47. The molecule has 0 amide bonds. The Morgan fingerprint density at radius 2 is 2.04 bits per heavy atom. The zero-order chi connectivity index (χ0) is 18.1. The molecule has 2 aromatic rings.